The Bertz CT molecular complexity index is 975. The molecule has 0 aliphatic carbocycles. The van der Waals surface area contributed by atoms with Crippen molar-refractivity contribution >= 4 is 5.91 Å². The standard InChI is InChI=1S/C23H25F2N3O3/c1-2-15-4-3-5-16(8-15)13-26-14-21(29)20(28-23(30)22-6-7-27-31-22)11-17-9-18(24)12-19(25)10-17/h3-10,12,20-21,26,29H,2,11,13-14H2,1H3,(H,28,30)/t20-,21+/m0/s1. The van der Waals surface area contributed by atoms with Crippen molar-refractivity contribution in [3.63, 3.8) is 0 Å². The quantitative estimate of drug-likeness (QED) is 0.461. The molecule has 0 spiro atoms. The Morgan fingerprint density at radius 2 is 1.84 bits per heavy atom. The molecule has 0 aliphatic heterocycles. The molecule has 0 aliphatic rings. The number of aromatic nitrogens is 1. The number of hydrogen-bond donors (Lipinski definition) is 3. The lowest BCUT2D eigenvalue weighted by Gasteiger charge is -2.24. The number of aryl methyl sites for hydroxylation is 1. The molecule has 2 aromatic carbocycles. The van der Waals surface area contributed by atoms with Crippen LogP contribution in [0.4, 0.5) is 8.78 Å². The monoisotopic (exact) mass is 429 g/mol. The van der Waals surface area contributed by atoms with Gasteiger partial charge < -0.3 is 20.3 Å². The van der Waals surface area contributed by atoms with Gasteiger partial charge in [0, 0.05) is 25.2 Å². The molecule has 3 rings (SSSR count). The number of benzene rings is 2. The zero-order valence-corrected chi connectivity index (χ0v) is 17.1. The normalized spacial score (nSPS) is 13.0. The highest BCUT2D eigenvalue weighted by atomic mass is 19.1. The van der Waals surface area contributed by atoms with E-state index in [9.17, 15) is 18.7 Å². The van der Waals surface area contributed by atoms with Gasteiger partial charge in [-0.1, -0.05) is 36.3 Å². The Labute approximate surface area is 179 Å². The average Bonchev–Trinajstić information content (AvgIpc) is 3.28. The lowest BCUT2D eigenvalue weighted by molar-refractivity contribution is 0.0796. The minimum atomic E-state index is -1.02. The number of carbonyl (C=O) groups excluding carboxylic acids is 1. The lowest BCUT2D eigenvalue weighted by atomic mass is 10.0. The Hall–Kier alpha value is -3.10. The number of nitrogens with one attached hydrogen (secondary N) is 2. The summed E-state index contributed by atoms with van der Waals surface area (Å²) in [6, 6.07) is 11.8. The van der Waals surface area contributed by atoms with Crippen molar-refractivity contribution in [2.75, 3.05) is 6.54 Å². The van der Waals surface area contributed by atoms with E-state index in [2.05, 4.69) is 28.8 Å². The van der Waals surface area contributed by atoms with E-state index < -0.39 is 29.7 Å². The van der Waals surface area contributed by atoms with Gasteiger partial charge in [-0.3, -0.25) is 4.79 Å². The molecule has 8 heteroatoms. The Morgan fingerprint density at radius 3 is 2.52 bits per heavy atom. The summed E-state index contributed by atoms with van der Waals surface area (Å²) in [5, 5.41) is 20.0. The summed E-state index contributed by atoms with van der Waals surface area (Å²) in [4.78, 5) is 12.4. The molecule has 0 saturated carbocycles. The molecular weight excluding hydrogens is 404 g/mol. The second-order valence-corrected chi connectivity index (χ2v) is 7.31. The summed E-state index contributed by atoms with van der Waals surface area (Å²) in [6.45, 7) is 2.77. The van der Waals surface area contributed by atoms with Gasteiger partial charge in [-0.2, -0.15) is 0 Å². The summed E-state index contributed by atoms with van der Waals surface area (Å²) in [7, 11) is 0. The summed E-state index contributed by atoms with van der Waals surface area (Å²) >= 11 is 0. The SMILES string of the molecule is CCc1cccc(CNC[C@@H](O)[C@H](Cc2cc(F)cc(F)c2)NC(=O)c2ccno2)c1. The molecule has 31 heavy (non-hydrogen) atoms. The van der Waals surface area contributed by atoms with Crippen LogP contribution in [-0.2, 0) is 19.4 Å². The molecule has 1 heterocycles. The molecule has 6 nitrogen and oxygen atoms in total. The molecule has 2 atom stereocenters. The van der Waals surface area contributed by atoms with Crippen LogP contribution in [0.2, 0.25) is 0 Å². The second kappa shape index (κ2) is 10.8. The third-order valence-corrected chi connectivity index (χ3v) is 4.90. The predicted octanol–water partition coefficient (Wildman–Crippen LogP) is 3.01. The smallest absolute Gasteiger partial charge is 0.290 e. The molecule has 0 unspecified atom stereocenters. The first-order valence-electron chi connectivity index (χ1n) is 10.1. The van der Waals surface area contributed by atoms with E-state index in [0.29, 0.717) is 12.1 Å². The largest absolute Gasteiger partial charge is 0.390 e. The van der Waals surface area contributed by atoms with E-state index >= 15 is 0 Å². The first kappa shape index (κ1) is 22.6. The zero-order valence-electron chi connectivity index (χ0n) is 17.1. The number of hydrogen-bond acceptors (Lipinski definition) is 5. The molecule has 1 amide bonds. The van der Waals surface area contributed by atoms with Gasteiger partial charge in [0.1, 0.15) is 11.6 Å². The zero-order chi connectivity index (χ0) is 22.2. The number of nitrogens with zero attached hydrogens (tertiary/aromatic N) is 1. The van der Waals surface area contributed by atoms with Crippen LogP contribution in [-0.4, -0.2) is 34.9 Å². The van der Waals surface area contributed by atoms with Crippen molar-refractivity contribution in [3.05, 3.63) is 88.8 Å². The van der Waals surface area contributed by atoms with E-state index in [1.807, 2.05) is 18.2 Å². The van der Waals surface area contributed by atoms with Gasteiger partial charge in [0.05, 0.1) is 18.3 Å². The predicted molar refractivity (Wildman–Crippen MR) is 111 cm³/mol. The number of aliphatic hydroxyl groups is 1. The Balaban J connectivity index is 1.67. The van der Waals surface area contributed by atoms with Crippen molar-refractivity contribution < 1.29 is 23.2 Å². The molecule has 0 saturated heterocycles. The molecule has 0 radical (unpaired) electrons. The highest BCUT2D eigenvalue weighted by Gasteiger charge is 2.24. The third-order valence-electron chi connectivity index (χ3n) is 4.90. The van der Waals surface area contributed by atoms with Gasteiger partial charge in [0.2, 0.25) is 5.76 Å². The summed E-state index contributed by atoms with van der Waals surface area (Å²) in [6.07, 6.45) is 1.26. The number of aliphatic hydroxyl groups excluding tert-OH is 1. The van der Waals surface area contributed by atoms with E-state index in [1.54, 1.807) is 0 Å². The Kier molecular flexibility index (Phi) is 7.86. The average molecular weight is 429 g/mol. The van der Waals surface area contributed by atoms with Crippen LogP contribution in [0.3, 0.4) is 0 Å². The van der Waals surface area contributed by atoms with Gasteiger partial charge in [-0.15, -0.1) is 0 Å². The minimum absolute atomic E-state index is 0.0213. The summed E-state index contributed by atoms with van der Waals surface area (Å²) < 4.78 is 32.0. The van der Waals surface area contributed by atoms with Gasteiger partial charge in [-0.25, -0.2) is 8.78 Å². The maximum Gasteiger partial charge on any atom is 0.290 e. The van der Waals surface area contributed by atoms with Crippen molar-refractivity contribution in [1.82, 2.24) is 15.8 Å². The van der Waals surface area contributed by atoms with Gasteiger partial charge >= 0.3 is 0 Å². The number of amides is 1. The minimum Gasteiger partial charge on any atom is -0.390 e. The molecule has 0 fully saturated rings. The summed E-state index contributed by atoms with van der Waals surface area (Å²) in [5.74, 6) is -2.04. The fourth-order valence-electron chi connectivity index (χ4n) is 3.30. The molecular formula is C23H25F2N3O3. The fraction of sp³-hybridized carbons (Fsp3) is 0.304. The second-order valence-electron chi connectivity index (χ2n) is 7.31. The first-order valence-corrected chi connectivity index (χ1v) is 10.1. The van der Waals surface area contributed by atoms with E-state index in [0.717, 1.165) is 18.1 Å². The number of halogens is 2. The van der Waals surface area contributed by atoms with Crippen LogP contribution < -0.4 is 10.6 Å². The van der Waals surface area contributed by atoms with Crippen LogP contribution in [0.25, 0.3) is 0 Å². The van der Waals surface area contributed by atoms with Gasteiger partial charge in [0.25, 0.3) is 5.91 Å². The van der Waals surface area contributed by atoms with Crippen LogP contribution in [0, 0.1) is 11.6 Å². The van der Waals surface area contributed by atoms with Crippen molar-refractivity contribution in [2.45, 2.75) is 38.5 Å². The van der Waals surface area contributed by atoms with Gasteiger partial charge in [-0.05, 0) is 41.7 Å². The highest BCUT2D eigenvalue weighted by molar-refractivity contribution is 5.91. The molecule has 3 aromatic rings. The maximum atomic E-state index is 13.6. The molecule has 164 valence electrons. The van der Waals surface area contributed by atoms with Crippen molar-refractivity contribution in [1.29, 1.82) is 0 Å². The topological polar surface area (TPSA) is 87.4 Å². The maximum absolute atomic E-state index is 13.6. The van der Waals surface area contributed by atoms with Crippen LogP contribution >= 0.6 is 0 Å². The van der Waals surface area contributed by atoms with Gasteiger partial charge in [0.15, 0.2) is 0 Å². The molecule has 0 bridgehead atoms. The van der Waals surface area contributed by atoms with E-state index in [1.165, 1.54) is 30.0 Å². The Morgan fingerprint density at radius 1 is 1.10 bits per heavy atom. The number of carbonyl (C=O) groups is 1. The van der Waals surface area contributed by atoms with Crippen molar-refractivity contribution in [3.8, 4) is 0 Å². The third kappa shape index (κ3) is 6.70. The van der Waals surface area contributed by atoms with Crippen LogP contribution in [0.15, 0.2) is 59.3 Å². The molecule has 3 N–H and O–H groups in total. The highest BCUT2D eigenvalue weighted by Crippen LogP contribution is 2.13. The first-order chi connectivity index (χ1) is 14.9. The lowest BCUT2D eigenvalue weighted by Crippen LogP contribution is -2.48. The van der Waals surface area contributed by atoms with E-state index in [-0.39, 0.29) is 18.7 Å². The fourth-order valence-corrected chi connectivity index (χ4v) is 3.30. The van der Waals surface area contributed by atoms with Crippen LogP contribution in [0.1, 0.15) is 34.2 Å². The number of rotatable bonds is 10. The molecule has 1 aromatic heterocycles. The van der Waals surface area contributed by atoms with Crippen molar-refractivity contribution in [2.24, 2.45) is 0 Å². The van der Waals surface area contributed by atoms with E-state index in [4.69, 9.17) is 4.52 Å². The van der Waals surface area contributed by atoms with Crippen LogP contribution in [0.5, 0.6) is 0 Å². The summed E-state index contributed by atoms with van der Waals surface area (Å²) in [5.41, 5.74) is 2.60.